The molecule has 0 atom stereocenters. The molecule has 0 saturated carbocycles. The van der Waals surface area contributed by atoms with Crippen LogP contribution in [0.2, 0.25) is 0 Å². The van der Waals surface area contributed by atoms with Crippen LogP contribution in [0, 0.1) is 0 Å². The third kappa shape index (κ3) is 3.81. The van der Waals surface area contributed by atoms with Gasteiger partial charge in [-0.05, 0) is 47.5 Å². The summed E-state index contributed by atoms with van der Waals surface area (Å²) in [5.74, 6) is 0. The molecule has 122 valence electrons. The first-order valence-corrected chi connectivity index (χ1v) is 10.6. The summed E-state index contributed by atoms with van der Waals surface area (Å²) in [6.07, 6.45) is 3.25. The summed E-state index contributed by atoms with van der Waals surface area (Å²) in [5, 5.41) is 4.26. The zero-order valence-corrected chi connectivity index (χ0v) is 16.5. The predicted molar refractivity (Wildman–Crippen MR) is 108 cm³/mol. The number of benzene rings is 3. The van der Waals surface area contributed by atoms with Gasteiger partial charge in [-0.2, -0.15) is 0 Å². The summed E-state index contributed by atoms with van der Waals surface area (Å²) in [6, 6.07) is 32.8. The predicted octanol–water partition coefficient (Wildman–Crippen LogP) is 1.89. The van der Waals surface area contributed by atoms with E-state index in [9.17, 15) is 0 Å². The van der Waals surface area contributed by atoms with E-state index in [0.29, 0.717) is 0 Å². The Balaban J connectivity index is 0.00000208. The molecule has 3 aromatic carbocycles. The summed E-state index contributed by atoms with van der Waals surface area (Å²) < 4.78 is 0. The van der Waals surface area contributed by atoms with Gasteiger partial charge >= 0.3 is 0 Å². The van der Waals surface area contributed by atoms with Crippen molar-refractivity contribution in [2.24, 2.45) is 0 Å². The monoisotopic (exact) mass is 416 g/mol. The van der Waals surface area contributed by atoms with Gasteiger partial charge < -0.3 is 12.4 Å². The fourth-order valence-corrected chi connectivity index (χ4v) is 7.48. The molecule has 24 heavy (non-hydrogen) atoms. The van der Waals surface area contributed by atoms with E-state index >= 15 is 0 Å². The second kappa shape index (κ2) is 9.18. The maximum absolute atomic E-state index is 3.46. The largest absolute Gasteiger partial charge is 1.00 e. The Morgan fingerprint density at radius 3 is 1.25 bits per heavy atom. The van der Waals surface area contributed by atoms with Gasteiger partial charge in [0, 0.05) is 0 Å². The van der Waals surface area contributed by atoms with Crippen molar-refractivity contribution in [2.45, 2.75) is 0 Å². The fraction of sp³-hybridized carbons (Fsp3) is 0.0476. The SMILES string of the molecule is Br/C=C/C[P+](c1ccccc1)(c1ccccc1)c1ccccc1.[Cl-]. The molecule has 0 aromatic heterocycles. The van der Waals surface area contributed by atoms with Crippen LogP contribution in [0.25, 0.3) is 0 Å². The van der Waals surface area contributed by atoms with E-state index in [1.807, 2.05) is 4.99 Å². The minimum atomic E-state index is -1.69. The van der Waals surface area contributed by atoms with E-state index < -0.39 is 7.26 Å². The average molecular weight is 418 g/mol. The van der Waals surface area contributed by atoms with Crippen molar-refractivity contribution in [2.75, 3.05) is 6.16 Å². The highest BCUT2D eigenvalue weighted by Crippen LogP contribution is 2.55. The van der Waals surface area contributed by atoms with Crippen molar-refractivity contribution >= 4 is 39.1 Å². The zero-order valence-electron chi connectivity index (χ0n) is 13.2. The summed E-state index contributed by atoms with van der Waals surface area (Å²) in [7, 11) is -1.69. The molecule has 0 aliphatic rings. The smallest absolute Gasteiger partial charge is 0.115 e. The highest BCUT2D eigenvalue weighted by Gasteiger charge is 2.43. The minimum Gasteiger partial charge on any atom is -1.00 e. The maximum Gasteiger partial charge on any atom is 0.115 e. The van der Waals surface area contributed by atoms with Crippen molar-refractivity contribution in [3.63, 3.8) is 0 Å². The zero-order chi connectivity index (χ0) is 16.0. The van der Waals surface area contributed by atoms with E-state index in [4.69, 9.17) is 0 Å². The molecule has 0 nitrogen and oxygen atoms in total. The molecular weight excluding hydrogens is 399 g/mol. The van der Waals surface area contributed by atoms with Crippen LogP contribution in [0.1, 0.15) is 0 Å². The van der Waals surface area contributed by atoms with Crippen LogP contribution in [0.4, 0.5) is 0 Å². The molecule has 3 rings (SSSR count). The van der Waals surface area contributed by atoms with Crippen LogP contribution in [0.3, 0.4) is 0 Å². The number of halogens is 2. The molecule has 0 amide bonds. The standard InChI is InChI=1S/C21H19BrP.ClH/c22-17-10-18-23(19-11-4-1-5-12-19,20-13-6-2-7-14-20)21-15-8-3-9-16-21;/h1-17H,18H2;1H/q+1;/p-1/b17-10+;. The van der Waals surface area contributed by atoms with Crippen LogP contribution in [0.5, 0.6) is 0 Å². The van der Waals surface area contributed by atoms with Gasteiger partial charge in [0.25, 0.3) is 0 Å². The van der Waals surface area contributed by atoms with Gasteiger partial charge in [0.2, 0.25) is 0 Å². The molecule has 0 aliphatic carbocycles. The van der Waals surface area contributed by atoms with E-state index in [0.717, 1.165) is 6.16 Å². The van der Waals surface area contributed by atoms with Gasteiger partial charge in [-0.3, -0.25) is 0 Å². The van der Waals surface area contributed by atoms with Gasteiger partial charge in [0.15, 0.2) is 0 Å². The Morgan fingerprint density at radius 1 is 0.625 bits per heavy atom. The summed E-state index contributed by atoms with van der Waals surface area (Å²) in [6.45, 7) is 0. The van der Waals surface area contributed by atoms with Crippen molar-refractivity contribution < 1.29 is 12.4 Å². The molecule has 0 N–H and O–H groups in total. The lowest BCUT2D eigenvalue weighted by Crippen LogP contribution is -3.00. The van der Waals surface area contributed by atoms with Gasteiger partial charge in [-0.15, -0.1) is 0 Å². The molecule has 0 aliphatic heterocycles. The van der Waals surface area contributed by atoms with E-state index in [1.54, 1.807) is 0 Å². The van der Waals surface area contributed by atoms with Crippen LogP contribution in [0.15, 0.2) is 102 Å². The first-order valence-electron chi connectivity index (χ1n) is 7.68. The molecular formula is C21H19BrClP. The molecule has 3 heteroatoms. The van der Waals surface area contributed by atoms with E-state index in [1.165, 1.54) is 15.9 Å². The highest BCUT2D eigenvalue weighted by atomic mass is 79.9. The Labute approximate surface area is 159 Å². The first-order chi connectivity index (χ1) is 11.4. The number of hydrogen-bond donors (Lipinski definition) is 0. The Morgan fingerprint density at radius 2 is 0.958 bits per heavy atom. The van der Waals surface area contributed by atoms with Crippen LogP contribution in [-0.4, -0.2) is 6.16 Å². The summed E-state index contributed by atoms with van der Waals surface area (Å²) in [5.41, 5.74) is 0. The highest BCUT2D eigenvalue weighted by molar-refractivity contribution is 9.11. The Hall–Kier alpha value is -1.40. The normalized spacial score (nSPS) is 11.2. The third-order valence-electron chi connectivity index (χ3n) is 4.06. The second-order valence-corrected chi connectivity index (χ2v) is 9.42. The number of hydrogen-bond acceptors (Lipinski definition) is 0. The molecule has 0 unspecified atom stereocenters. The lowest BCUT2D eigenvalue weighted by atomic mass is 10.4. The summed E-state index contributed by atoms with van der Waals surface area (Å²) in [4.78, 5) is 1.98. The van der Waals surface area contributed by atoms with Gasteiger partial charge in [0.05, 0.1) is 6.16 Å². The molecule has 0 spiro atoms. The van der Waals surface area contributed by atoms with Crippen LogP contribution in [-0.2, 0) is 0 Å². The molecule has 0 fully saturated rings. The maximum atomic E-state index is 3.46. The van der Waals surface area contributed by atoms with Gasteiger partial charge in [-0.25, -0.2) is 0 Å². The van der Waals surface area contributed by atoms with Crippen LogP contribution < -0.4 is 28.3 Å². The van der Waals surface area contributed by atoms with Crippen molar-refractivity contribution in [1.82, 2.24) is 0 Å². The topological polar surface area (TPSA) is 0 Å². The minimum absolute atomic E-state index is 0. The van der Waals surface area contributed by atoms with Crippen molar-refractivity contribution in [3.05, 3.63) is 102 Å². The lowest BCUT2D eigenvalue weighted by molar-refractivity contribution is -0.00000431. The average Bonchev–Trinajstić information content (AvgIpc) is 2.65. The second-order valence-electron chi connectivity index (χ2n) is 5.36. The lowest BCUT2D eigenvalue weighted by Gasteiger charge is -2.26. The van der Waals surface area contributed by atoms with Gasteiger partial charge in [-0.1, -0.05) is 70.5 Å². The van der Waals surface area contributed by atoms with Gasteiger partial charge in [0.1, 0.15) is 23.2 Å². The van der Waals surface area contributed by atoms with E-state index in [2.05, 4.69) is 113 Å². The van der Waals surface area contributed by atoms with Crippen molar-refractivity contribution in [1.29, 1.82) is 0 Å². The molecule has 0 heterocycles. The van der Waals surface area contributed by atoms with E-state index in [-0.39, 0.29) is 12.4 Å². The van der Waals surface area contributed by atoms with Crippen LogP contribution >= 0.6 is 23.2 Å². The number of rotatable bonds is 5. The Bertz CT molecular complexity index is 661. The third-order valence-corrected chi connectivity index (χ3v) is 8.73. The quantitative estimate of drug-likeness (QED) is 0.556. The number of allylic oxidation sites excluding steroid dienone is 1. The Kier molecular flexibility index (Phi) is 7.24. The fourth-order valence-electron chi connectivity index (χ4n) is 3.01. The molecule has 3 aromatic rings. The first kappa shape index (κ1) is 18.9. The summed E-state index contributed by atoms with van der Waals surface area (Å²) >= 11 is 3.46. The molecule has 0 bridgehead atoms. The molecule has 0 saturated heterocycles. The molecule has 0 radical (unpaired) electrons. The van der Waals surface area contributed by atoms with Crippen molar-refractivity contribution in [3.8, 4) is 0 Å².